The summed E-state index contributed by atoms with van der Waals surface area (Å²) in [4.78, 5) is 23.5. The number of Topliss-reactive ketones (excluding diaryl/α,β-unsaturated/α-hetero) is 1. The Hall–Kier alpha value is -1.64. The average molecular weight is 261 g/mol. The van der Waals surface area contributed by atoms with Crippen LogP contribution in [0.4, 0.5) is 0 Å². The van der Waals surface area contributed by atoms with E-state index in [1.165, 1.54) is 12.5 Å². The van der Waals surface area contributed by atoms with E-state index in [-0.39, 0.29) is 11.7 Å². The van der Waals surface area contributed by atoms with Gasteiger partial charge in [-0.05, 0) is 31.2 Å². The lowest BCUT2D eigenvalue weighted by Crippen LogP contribution is -2.36. The van der Waals surface area contributed by atoms with Crippen molar-refractivity contribution in [3.8, 4) is 0 Å². The maximum absolute atomic E-state index is 12.0. The zero-order valence-electron chi connectivity index (χ0n) is 12.0. The average Bonchev–Trinajstić information content (AvgIpc) is 2.36. The van der Waals surface area contributed by atoms with Crippen molar-refractivity contribution in [2.75, 3.05) is 6.54 Å². The van der Waals surface area contributed by atoms with Crippen LogP contribution in [0.3, 0.4) is 0 Å². The first-order valence-electron chi connectivity index (χ1n) is 6.82. The first kappa shape index (κ1) is 15.4. The minimum atomic E-state index is -0.504. The van der Waals surface area contributed by atoms with Gasteiger partial charge in [0.25, 0.3) is 0 Å². The molecule has 0 aliphatic heterocycles. The second kappa shape index (κ2) is 7.72. The number of nitrogens with one attached hydrogen (secondary N) is 1. The van der Waals surface area contributed by atoms with Crippen LogP contribution in [0.5, 0.6) is 0 Å². The molecule has 0 radical (unpaired) electrons. The molecule has 0 saturated carbocycles. The van der Waals surface area contributed by atoms with E-state index in [2.05, 4.69) is 5.32 Å². The summed E-state index contributed by atoms with van der Waals surface area (Å²) < 4.78 is 0. The highest BCUT2D eigenvalue weighted by Gasteiger charge is 2.23. The second-order valence-electron chi connectivity index (χ2n) is 5.32. The van der Waals surface area contributed by atoms with Crippen molar-refractivity contribution in [1.29, 1.82) is 0 Å². The summed E-state index contributed by atoms with van der Waals surface area (Å²) in [7, 11) is 0. The highest BCUT2D eigenvalue weighted by Crippen LogP contribution is 2.13. The molecule has 0 aromatic heterocycles. The first-order chi connectivity index (χ1) is 9.00. The molecule has 19 heavy (non-hydrogen) atoms. The molecule has 104 valence electrons. The van der Waals surface area contributed by atoms with Crippen molar-refractivity contribution < 1.29 is 9.59 Å². The molecule has 1 unspecified atom stereocenters. The quantitative estimate of drug-likeness (QED) is 0.767. The van der Waals surface area contributed by atoms with Crippen molar-refractivity contribution >= 4 is 11.7 Å². The minimum absolute atomic E-state index is 0.0501. The Morgan fingerprint density at radius 2 is 1.79 bits per heavy atom. The normalized spacial score (nSPS) is 12.2. The summed E-state index contributed by atoms with van der Waals surface area (Å²) in [6.07, 6.45) is 1.41. The monoisotopic (exact) mass is 261 g/mol. The largest absolute Gasteiger partial charge is 0.355 e. The van der Waals surface area contributed by atoms with Gasteiger partial charge in [0.15, 0.2) is 0 Å². The van der Waals surface area contributed by atoms with Gasteiger partial charge < -0.3 is 5.32 Å². The molecule has 1 amide bonds. The van der Waals surface area contributed by atoms with E-state index in [9.17, 15) is 9.59 Å². The molecule has 0 aliphatic rings. The van der Waals surface area contributed by atoms with E-state index in [4.69, 9.17) is 0 Å². The van der Waals surface area contributed by atoms with E-state index < -0.39 is 5.92 Å². The number of ketones is 1. The molecule has 1 N–H and O–H groups in total. The summed E-state index contributed by atoms with van der Waals surface area (Å²) in [6, 6.07) is 9.99. The molecule has 1 atom stereocenters. The molecule has 0 fully saturated rings. The number of carbonyl (C=O) groups excluding carboxylic acids is 2. The molecule has 1 rings (SSSR count). The molecular weight excluding hydrogens is 238 g/mol. The van der Waals surface area contributed by atoms with Gasteiger partial charge in [0, 0.05) is 6.54 Å². The van der Waals surface area contributed by atoms with E-state index in [1.807, 2.05) is 44.2 Å². The van der Waals surface area contributed by atoms with Gasteiger partial charge in [-0.15, -0.1) is 0 Å². The van der Waals surface area contributed by atoms with Gasteiger partial charge >= 0.3 is 0 Å². The van der Waals surface area contributed by atoms with Crippen molar-refractivity contribution in [3.63, 3.8) is 0 Å². The Balaban J connectivity index is 2.42. The van der Waals surface area contributed by atoms with Gasteiger partial charge in [0.1, 0.15) is 5.78 Å². The Morgan fingerprint density at radius 1 is 1.16 bits per heavy atom. The van der Waals surface area contributed by atoms with E-state index in [1.54, 1.807) is 0 Å². The third-order valence-corrected chi connectivity index (χ3v) is 3.07. The number of benzene rings is 1. The fourth-order valence-electron chi connectivity index (χ4n) is 2.03. The van der Waals surface area contributed by atoms with Crippen molar-refractivity contribution in [2.45, 2.75) is 33.6 Å². The van der Waals surface area contributed by atoms with Gasteiger partial charge in [-0.3, -0.25) is 9.59 Å². The number of hydrogen-bond acceptors (Lipinski definition) is 2. The van der Waals surface area contributed by atoms with Crippen LogP contribution in [0, 0.1) is 11.8 Å². The maximum atomic E-state index is 12.0. The zero-order valence-corrected chi connectivity index (χ0v) is 12.0. The SMILES string of the molecule is CC(=O)C(CC(C)C)C(=O)NCCc1ccccc1. The second-order valence-corrected chi connectivity index (χ2v) is 5.32. The first-order valence-corrected chi connectivity index (χ1v) is 6.82. The van der Waals surface area contributed by atoms with E-state index in [0.717, 1.165) is 6.42 Å². The number of hydrogen-bond donors (Lipinski definition) is 1. The van der Waals surface area contributed by atoms with Crippen LogP contribution in [-0.4, -0.2) is 18.2 Å². The number of rotatable bonds is 7. The summed E-state index contributed by atoms with van der Waals surface area (Å²) in [5.41, 5.74) is 1.19. The molecule has 0 aliphatic carbocycles. The summed E-state index contributed by atoms with van der Waals surface area (Å²) in [5, 5.41) is 2.86. The predicted octanol–water partition coefficient (Wildman–Crippen LogP) is 2.60. The summed E-state index contributed by atoms with van der Waals surface area (Å²) >= 11 is 0. The van der Waals surface area contributed by atoms with Crippen molar-refractivity contribution in [1.82, 2.24) is 5.32 Å². The molecule has 0 saturated heterocycles. The third-order valence-electron chi connectivity index (χ3n) is 3.07. The molecule has 0 bridgehead atoms. The standard InChI is InChI=1S/C16H23NO2/c1-12(2)11-15(13(3)18)16(19)17-10-9-14-7-5-4-6-8-14/h4-8,12,15H,9-11H2,1-3H3,(H,17,19). The van der Waals surface area contributed by atoms with Crippen LogP contribution < -0.4 is 5.32 Å². The van der Waals surface area contributed by atoms with E-state index >= 15 is 0 Å². The molecule has 1 aromatic rings. The van der Waals surface area contributed by atoms with Crippen LogP contribution in [0.25, 0.3) is 0 Å². The molecule has 1 aromatic carbocycles. The zero-order chi connectivity index (χ0) is 14.3. The van der Waals surface area contributed by atoms with Gasteiger partial charge in [0.2, 0.25) is 5.91 Å². The van der Waals surface area contributed by atoms with Crippen LogP contribution in [-0.2, 0) is 16.0 Å². The Bertz CT molecular complexity index is 412. The summed E-state index contributed by atoms with van der Waals surface area (Å²) in [6.45, 7) is 6.11. The molecule has 0 spiro atoms. The molecule has 3 nitrogen and oxygen atoms in total. The highest BCUT2D eigenvalue weighted by molar-refractivity contribution is 6.00. The lowest BCUT2D eigenvalue weighted by Gasteiger charge is -2.16. The number of amides is 1. The topological polar surface area (TPSA) is 46.2 Å². The number of carbonyl (C=O) groups is 2. The Morgan fingerprint density at radius 3 is 2.32 bits per heavy atom. The maximum Gasteiger partial charge on any atom is 0.230 e. The molecular formula is C16H23NO2. The fourth-order valence-corrected chi connectivity index (χ4v) is 2.03. The van der Waals surface area contributed by atoms with Crippen LogP contribution >= 0.6 is 0 Å². The molecule has 0 heterocycles. The Labute approximate surface area is 115 Å². The van der Waals surface area contributed by atoms with Crippen LogP contribution in [0.2, 0.25) is 0 Å². The van der Waals surface area contributed by atoms with Crippen LogP contribution in [0.1, 0.15) is 32.8 Å². The van der Waals surface area contributed by atoms with Gasteiger partial charge in [0.05, 0.1) is 5.92 Å². The highest BCUT2D eigenvalue weighted by atomic mass is 16.2. The fraction of sp³-hybridized carbons (Fsp3) is 0.500. The lowest BCUT2D eigenvalue weighted by atomic mass is 9.93. The Kier molecular flexibility index (Phi) is 6.26. The van der Waals surface area contributed by atoms with Crippen molar-refractivity contribution in [2.24, 2.45) is 11.8 Å². The van der Waals surface area contributed by atoms with Gasteiger partial charge in [-0.1, -0.05) is 44.2 Å². The molecule has 3 heteroatoms. The van der Waals surface area contributed by atoms with Gasteiger partial charge in [-0.2, -0.15) is 0 Å². The van der Waals surface area contributed by atoms with Gasteiger partial charge in [-0.25, -0.2) is 0 Å². The smallest absolute Gasteiger partial charge is 0.230 e. The van der Waals surface area contributed by atoms with Crippen LogP contribution in [0.15, 0.2) is 30.3 Å². The van der Waals surface area contributed by atoms with Crippen molar-refractivity contribution in [3.05, 3.63) is 35.9 Å². The predicted molar refractivity (Wildman–Crippen MR) is 76.8 cm³/mol. The third kappa shape index (κ3) is 5.69. The van der Waals surface area contributed by atoms with E-state index in [0.29, 0.717) is 18.9 Å². The summed E-state index contributed by atoms with van der Waals surface area (Å²) in [5.74, 6) is -0.354. The lowest BCUT2D eigenvalue weighted by molar-refractivity contribution is -0.133. The minimum Gasteiger partial charge on any atom is -0.355 e.